The third kappa shape index (κ3) is 4.32. The van der Waals surface area contributed by atoms with Gasteiger partial charge in [0.05, 0.1) is 15.9 Å². The van der Waals surface area contributed by atoms with Crippen molar-refractivity contribution >= 4 is 34.8 Å². The van der Waals surface area contributed by atoms with E-state index in [-0.39, 0.29) is 0 Å². The molecule has 2 rings (SSSR count). The Bertz CT molecular complexity index is 699. The first-order chi connectivity index (χ1) is 10.1. The van der Waals surface area contributed by atoms with Crippen LogP contribution in [0.25, 0.3) is 0 Å². The van der Waals surface area contributed by atoms with Gasteiger partial charge in [-0.3, -0.25) is 0 Å². The van der Waals surface area contributed by atoms with E-state index in [4.69, 9.17) is 39.5 Å². The van der Waals surface area contributed by atoms with Crippen LogP contribution in [-0.4, -0.2) is 5.88 Å². The monoisotopic (exact) mass is 338 g/mol. The third-order valence-corrected chi connectivity index (χ3v) is 3.91. The first kappa shape index (κ1) is 16.0. The number of alkyl halides is 1. The summed E-state index contributed by atoms with van der Waals surface area (Å²) in [5.41, 5.74) is 2.85. The van der Waals surface area contributed by atoms with Crippen molar-refractivity contribution in [1.29, 1.82) is 0 Å². The molecule has 0 aromatic heterocycles. The summed E-state index contributed by atoms with van der Waals surface area (Å²) in [4.78, 5) is 0. The lowest BCUT2D eigenvalue weighted by Gasteiger charge is -2.10. The minimum absolute atomic E-state index is 0.324. The Morgan fingerprint density at radius 1 is 1.14 bits per heavy atom. The Hall–Kier alpha value is -1.33. The summed E-state index contributed by atoms with van der Waals surface area (Å²) in [5, 5.41) is 1.06. The second-order valence-corrected chi connectivity index (χ2v) is 5.47. The molecule has 0 aliphatic rings. The van der Waals surface area contributed by atoms with Crippen LogP contribution in [-0.2, 0) is 6.61 Å². The lowest BCUT2D eigenvalue weighted by atomic mass is 10.1. The Morgan fingerprint density at radius 3 is 2.67 bits per heavy atom. The molecule has 0 heterocycles. The van der Waals surface area contributed by atoms with E-state index in [2.05, 4.69) is 11.8 Å². The molecule has 0 spiro atoms. The second kappa shape index (κ2) is 7.61. The Balaban J connectivity index is 2.10. The van der Waals surface area contributed by atoms with Gasteiger partial charge in [-0.25, -0.2) is 0 Å². The molecular formula is C17H13Cl3O. The van der Waals surface area contributed by atoms with E-state index in [9.17, 15) is 0 Å². The van der Waals surface area contributed by atoms with Crippen LogP contribution in [0.3, 0.4) is 0 Å². The largest absolute Gasteiger partial charge is 0.489 e. The number of hydrogen-bond donors (Lipinski definition) is 0. The van der Waals surface area contributed by atoms with Gasteiger partial charge in [-0.1, -0.05) is 47.2 Å². The summed E-state index contributed by atoms with van der Waals surface area (Å²) in [6.07, 6.45) is 0. The molecule has 4 heteroatoms. The third-order valence-electron chi connectivity index (χ3n) is 2.91. The molecule has 0 saturated carbocycles. The minimum Gasteiger partial charge on any atom is -0.489 e. The number of benzene rings is 2. The van der Waals surface area contributed by atoms with Gasteiger partial charge in [0.1, 0.15) is 12.4 Å². The standard InChI is InChI=1S/C17H13Cl3O/c1-12-10-15(8-7-13(12)5-3-9-18)21-11-14-4-2-6-16(19)17(14)20/h2,4,6-8,10H,9,11H2,1H3. The topological polar surface area (TPSA) is 9.23 Å². The van der Waals surface area contributed by atoms with Gasteiger partial charge in [0.25, 0.3) is 0 Å². The summed E-state index contributed by atoms with van der Waals surface area (Å²) in [6.45, 7) is 2.35. The summed E-state index contributed by atoms with van der Waals surface area (Å²) >= 11 is 17.7. The van der Waals surface area contributed by atoms with Crippen molar-refractivity contribution in [2.75, 3.05) is 5.88 Å². The van der Waals surface area contributed by atoms with E-state index in [1.807, 2.05) is 37.3 Å². The predicted molar refractivity (Wildman–Crippen MR) is 89.6 cm³/mol. The summed E-state index contributed by atoms with van der Waals surface area (Å²) in [5.74, 6) is 6.93. The zero-order chi connectivity index (χ0) is 15.2. The average Bonchev–Trinajstić information content (AvgIpc) is 2.48. The van der Waals surface area contributed by atoms with E-state index in [0.717, 1.165) is 22.4 Å². The van der Waals surface area contributed by atoms with Crippen LogP contribution in [0.5, 0.6) is 5.75 Å². The molecule has 0 atom stereocenters. The SMILES string of the molecule is Cc1cc(OCc2cccc(Cl)c2Cl)ccc1C#CCCl. The van der Waals surface area contributed by atoms with Gasteiger partial charge >= 0.3 is 0 Å². The molecular weight excluding hydrogens is 327 g/mol. The normalized spacial score (nSPS) is 9.90. The maximum atomic E-state index is 6.13. The molecule has 0 fully saturated rings. The summed E-state index contributed by atoms with van der Waals surface area (Å²) < 4.78 is 5.75. The lowest BCUT2D eigenvalue weighted by molar-refractivity contribution is 0.306. The van der Waals surface area contributed by atoms with Crippen molar-refractivity contribution in [3.8, 4) is 17.6 Å². The Morgan fingerprint density at radius 2 is 1.95 bits per heavy atom. The molecule has 0 saturated heterocycles. The van der Waals surface area contributed by atoms with Crippen molar-refractivity contribution < 1.29 is 4.74 Å². The number of aryl methyl sites for hydroxylation is 1. The first-order valence-corrected chi connectivity index (χ1v) is 7.62. The van der Waals surface area contributed by atoms with Gasteiger partial charge < -0.3 is 4.74 Å². The van der Waals surface area contributed by atoms with E-state index in [1.54, 1.807) is 6.07 Å². The summed E-state index contributed by atoms with van der Waals surface area (Å²) in [7, 11) is 0. The van der Waals surface area contributed by atoms with Crippen molar-refractivity contribution in [2.24, 2.45) is 0 Å². The van der Waals surface area contributed by atoms with Crippen molar-refractivity contribution in [2.45, 2.75) is 13.5 Å². The lowest BCUT2D eigenvalue weighted by Crippen LogP contribution is -1.97. The van der Waals surface area contributed by atoms with Crippen LogP contribution in [0.2, 0.25) is 10.0 Å². The molecule has 0 amide bonds. The van der Waals surface area contributed by atoms with Crippen LogP contribution in [0.15, 0.2) is 36.4 Å². The van der Waals surface area contributed by atoms with Gasteiger partial charge in [-0.2, -0.15) is 0 Å². The van der Waals surface area contributed by atoms with Gasteiger partial charge in [0.15, 0.2) is 0 Å². The number of hydrogen-bond acceptors (Lipinski definition) is 1. The predicted octanol–water partition coefficient (Wildman–Crippen LogP) is 5.47. The smallest absolute Gasteiger partial charge is 0.120 e. The molecule has 108 valence electrons. The summed E-state index contributed by atoms with van der Waals surface area (Å²) in [6, 6.07) is 11.2. The second-order valence-electron chi connectivity index (χ2n) is 4.41. The van der Waals surface area contributed by atoms with Crippen molar-refractivity contribution in [3.05, 3.63) is 63.1 Å². The molecule has 0 N–H and O–H groups in total. The van der Waals surface area contributed by atoms with Crippen LogP contribution in [0.1, 0.15) is 16.7 Å². The first-order valence-electron chi connectivity index (χ1n) is 6.33. The quantitative estimate of drug-likeness (QED) is 0.532. The zero-order valence-corrected chi connectivity index (χ0v) is 13.7. The van der Waals surface area contributed by atoms with E-state index in [0.29, 0.717) is 22.5 Å². The fourth-order valence-electron chi connectivity index (χ4n) is 1.82. The number of rotatable bonds is 3. The Kier molecular flexibility index (Phi) is 5.82. The van der Waals surface area contributed by atoms with Crippen molar-refractivity contribution in [3.63, 3.8) is 0 Å². The highest BCUT2D eigenvalue weighted by Crippen LogP contribution is 2.27. The maximum Gasteiger partial charge on any atom is 0.120 e. The van der Waals surface area contributed by atoms with Crippen LogP contribution >= 0.6 is 34.8 Å². The molecule has 0 radical (unpaired) electrons. The van der Waals surface area contributed by atoms with Crippen LogP contribution < -0.4 is 4.74 Å². The highest BCUT2D eigenvalue weighted by atomic mass is 35.5. The zero-order valence-electron chi connectivity index (χ0n) is 11.4. The minimum atomic E-state index is 0.324. The van der Waals surface area contributed by atoms with Crippen molar-refractivity contribution in [1.82, 2.24) is 0 Å². The van der Waals surface area contributed by atoms with E-state index < -0.39 is 0 Å². The van der Waals surface area contributed by atoms with Crippen LogP contribution in [0, 0.1) is 18.8 Å². The molecule has 0 aliphatic carbocycles. The van der Waals surface area contributed by atoms with Crippen LogP contribution in [0.4, 0.5) is 0 Å². The average molecular weight is 340 g/mol. The molecule has 2 aromatic carbocycles. The fraction of sp³-hybridized carbons (Fsp3) is 0.176. The molecule has 0 unspecified atom stereocenters. The molecule has 1 nitrogen and oxygen atoms in total. The van der Waals surface area contributed by atoms with E-state index >= 15 is 0 Å². The molecule has 21 heavy (non-hydrogen) atoms. The highest BCUT2D eigenvalue weighted by Gasteiger charge is 2.05. The maximum absolute atomic E-state index is 6.13. The molecule has 0 bridgehead atoms. The van der Waals surface area contributed by atoms with Gasteiger partial charge in [-0.15, -0.1) is 11.6 Å². The number of halogens is 3. The van der Waals surface area contributed by atoms with Gasteiger partial charge in [0.2, 0.25) is 0 Å². The highest BCUT2D eigenvalue weighted by molar-refractivity contribution is 6.42. The number of ether oxygens (including phenoxy) is 1. The van der Waals surface area contributed by atoms with Gasteiger partial charge in [-0.05, 0) is 36.8 Å². The van der Waals surface area contributed by atoms with E-state index in [1.165, 1.54) is 0 Å². The van der Waals surface area contributed by atoms with Gasteiger partial charge in [0, 0.05) is 11.1 Å². The molecule has 2 aromatic rings. The Labute approximate surface area is 139 Å². The molecule has 0 aliphatic heterocycles. The fourth-order valence-corrected chi connectivity index (χ4v) is 2.26.